The third-order valence-electron chi connectivity index (χ3n) is 4.12. The van der Waals surface area contributed by atoms with Crippen LogP contribution in [0.5, 0.6) is 0 Å². The third kappa shape index (κ3) is 6.11. The SMILES string of the molecule is CN=C(NCCN(C)Cc1ccccc1)N(C)Cc1cc(Cl)cn1C. The Labute approximate surface area is 155 Å². The summed E-state index contributed by atoms with van der Waals surface area (Å²) in [5.41, 5.74) is 2.48. The van der Waals surface area contributed by atoms with Crippen LogP contribution in [0.1, 0.15) is 11.3 Å². The average molecular weight is 362 g/mol. The minimum absolute atomic E-state index is 0.753. The van der Waals surface area contributed by atoms with Gasteiger partial charge < -0.3 is 19.7 Å². The van der Waals surface area contributed by atoms with Crippen molar-refractivity contribution in [1.82, 2.24) is 19.7 Å². The van der Waals surface area contributed by atoms with E-state index in [4.69, 9.17) is 11.6 Å². The highest BCUT2D eigenvalue weighted by Crippen LogP contribution is 2.14. The predicted octanol–water partition coefficient (Wildman–Crippen LogP) is 2.82. The molecule has 0 saturated carbocycles. The lowest BCUT2D eigenvalue weighted by Gasteiger charge is -2.24. The lowest BCUT2D eigenvalue weighted by atomic mass is 10.2. The van der Waals surface area contributed by atoms with Crippen LogP contribution in [0.15, 0.2) is 47.6 Å². The largest absolute Gasteiger partial charge is 0.355 e. The summed E-state index contributed by atoms with van der Waals surface area (Å²) < 4.78 is 2.04. The van der Waals surface area contributed by atoms with E-state index in [2.05, 4.69) is 51.4 Å². The molecule has 2 aromatic rings. The number of nitrogens with zero attached hydrogens (tertiary/aromatic N) is 4. The van der Waals surface area contributed by atoms with Crippen LogP contribution in [0.3, 0.4) is 0 Å². The van der Waals surface area contributed by atoms with Crippen LogP contribution in [0, 0.1) is 0 Å². The Morgan fingerprint density at radius 3 is 2.52 bits per heavy atom. The second kappa shape index (κ2) is 9.49. The number of benzene rings is 1. The molecule has 0 aliphatic rings. The minimum atomic E-state index is 0.753. The van der Waals surface area contributed by atoms with E-state index < -0.39 is 0 Å². The number of hydrogen-bond donors (Lipinski definition) is 1. The van der Waals surface area contributed by atoms with Crippen LogP contribution < -0.4 is 5.32 Å². The molecule has 0 aliphatic carbocycles. The van der Waals surface area contributed by atoms with Crippen LogP contribution in [0.2, 0.25) is 5.02 Å². The van der Waals surface area contributed by atoms with Crippen LogP contribution in [0.25, 0.3) is 0 Å². The zero-order chi connectivity index (χ0) is 18.2. The molecule has 1 N–H and O–H groups in total. The van der Waals surface area contributed by atoms with Gasteiger partial charge in [0.1, 0.15) is 0 Å². The van der Waals surface area contributed by atoms with E-state index in [1.807, 2.05) is 44.0 Å². The van der Waals surface area contributed by atoms with E-state index in [0.717, 1.165) is 42.9 Å². The molecule has 0 bridgehead atoms. The van der Waals surface area contributed by atoms with Crippen molar-refractivity contribution in [1.29, 1.82) is 0 Å². The smallest absolute Gasteiger partial charge is 0.193 e. The van der Waals surface area contributed by atoms with E-state index in [-0.39, 0.29) is 0 Å². The van der Waals surface area contributed by atoms with Gasteiger partial charge in [0.2, 0.25) is 0 Å². The molecule has 136 valence electrons. The first-order valence-corrected chi connectivity index (χ1v) is 8.82. The number of halogens is 1. The Balaban J connectivity index is 1.78. The zero-order valence-corrected chi connectivity index (χ0v) is 16.3. The molecule has 1 aromatic heterocycles. The fourth-order valence-electron chi connectivity index (χ4n) is 2.76. The summed E-state index contributed by atoms with van der Waals surface area (Å²) in [4.78, 5) is 8.77. The van der Waals surface area contributed by atoms with Crippen molar-refractivity contribution >= 4 is 17.6 Å². The number of rotatable bonds is 7. The summed E-state index contributed by atoms with van der Waals surface area (Å²) >= 11 is 6.06. The number of hydrogen-bond acceptors (Lipinski definition) is 2. The van der Waals surface area contributed by atoms with E-state index >= 15 is 0 Å². The normalized spacial score (nSPS) is 11.8. The quantitative estimate of drug-likeness (QED) is 0.608. The van der Waals surface area contributed by atoms with Crippen LogP contribution in [0.4, 0.5) is 0 Å². The van der Waals surface area contributed by atoms with Crippen molar-refractivity contribution in [2.75, 3.05) is 34.2 Å². The van der Waals surface area contributed by atoms with Crippen LogP contribution >= 0.6 is 11.6 Å². The predicted molar refractivity (Wildman–Crippen MR) is 106 cm³/mol. The molecule has 0 saturated heterocycles. The molecule has 0 spiro atoms. The Kier molecular flexibility index (Phi) is 7.34. The summed E-state index contributed by atoms with van der Waals surface area (Å²) in [6, 6.07) is 12.5. The van der Waals surface area contributed by atoms with Crippen molar-refractivity contribution in [3.63, 3.8) is 0 Å². The first kappa shape index (κ1) is 19.3. The van der Waals surface area contributed by atoms with Gasteiger partial charge in [-0.1, -0.05) is 41.9 Å². The van der Waals surface area contributed by atoms with Gasteiger partial charge >= 0.3 is 0 Å². The molecular weight excluding hydrogens is 334 g/mol. The molecule has 0 unspecified atom stereocenters. The van der Waals surface area contributed by atoms with Gasteiger partial charge in [-0.25, -0.2) is 0 Å². The molecule has 0 aliphatic heterocycles. The van der Waals surface area contributed by atoms with Gasteiger partial charge in [0.15, 0.2) is 5.96 Å². The Morgan fingerprint density at radius 2 is 1.92 bits per heavy atom. The van der Waals surface area contributed by atoms with E-state index in [0.29, 0.717) is 0 Å². The van der Waals surface area contributed by atoms with E-state index in [1.54, 1.807) is 0 Å². The van der Waals surface area contributed by atoms with Crippen molar-refractivity contribution in [2.45, 2.75) is 13.1 Å². The van der Waals surface area contributed by atoms with Crippen molar-refractivity contribution in [3.05, 3.63) is 58.9 Å². The first-order valence-electron chi connectivity index (χ1n) is 8.44. The third-order valence-corrected chi connectivity index (χ3v) is 4.33. The number of aromatic nitrogens is 1. The summed E-state index contributed by atoms with van der Waals surface area (Å²) in [6.07, 6.45) is 1.92. The van der Waals surface area contributed by atoms with Gasteiger partial charge in [0, 0.05) is 52.7 Å². The number of aryl methyl sites for hydroxylation is 1. The summed E-state index contributed by atoms with van der Waals surface area (Å²) in [5.74, 6) is 0.880. The highest BCUT2D eigenvalue weighted by molar-refractivity contribution is 6.30. The topological polar surface area (TPSA) is 35.8 Å². The molecule has 5 nitrogen and oxygen atoms in total. The molecule has 0 amide bonds. The van der Waals surface area contributed by atoms with Gasteiger partial charge in [-0.05, 0) is 18.7 Å². The second-order valence-corrected chi connectivity index (χ2v) is 6.75. The fraction of sp³-hybridized carbons (Fsp3) is 0.421. The Bertz CT molecular complexity index is 680. The highest BCUT2D eigenvalue weighted by atomic mass is 35.5. The maximum Gasteiger partial charge on any atom is 0.193 e. The van der Waals surface area contributed by atoms with Gasteiger partial charge in [-0.3, -0.25) is 4.99 Å². The van der Waals surface area contributed by atoms with Gasteiger partial charge in [0.25, 0.3) is 0 Å². The summed E-state index contributed by atoms with van der Waals surface area (Å²) in [5, 5.41) is 4.18. The van der Waals surface area contributed by atoms with E-state index in [1.165, 1.54) is 5.56 Å². The summed E-state index contributed by atoms with van der Waals surface area (Å²) in [6.45, 7) is 3.48. The Hall–Kier alpha value is -1.98. The lowest BCUT2D eigenvalue weighted by Crippen LogP contribution is -2.41. The summed E-state index contributed by atoms with van der Waals surface area (Å²) in [7, 11) is 7.98. The van der Waals surface area contributed by atoms with E-state index in [9.17, 15) is 0 Å². The van der Waals surface area contributed by atoms with Gasteiger partial charge in [-0.15, -0.1) is 0 Å². The molecule has 25 heavy (non-hydrogen) atoms. The first-order chi connectivity index (χ1) is 12.0. The lowest BCUT2D eigenvalue weighted by molar-refractivity contribution is 0.328. The fourth-order valence-corrected chi connectivity index (χ4v) is 3.03. The molecule has 0 fully saturated rings. The molecular formula is C19H28ClN5. The molecule has 0 atom stereocenters. The zero-order valence-electron chi connectivity index (χ0n) is 15.5. The molecule has 1 aromatic carbocycles. The van der Waals surface area contributed by atoms with Gasteiger partial charge in [-0.2, -0.15) is 0 Å². The number of aliphatic imine (C=N–C) groups is 1. The number of guanidine groups is 1. The monoisotopic (exact) mass is 361 g/mol. The second-order valence-electron chi connectivity index (χ2n) is 6.31. The number of nitrogens with one attached hydrogen (secondary N) is 1. The van der Waals surface area contributed by atoms with Crippen molar-refractivity contribution in [2.24, 2.45) is 12.0 Å². The Morgan fingerprint density at radius 1 is 1.20 bits per heavy atom. The minimum Gasteiger partial charge on any atom is -0.355 e. The molecule has 1 heterocycles. The highest BCUT2D eigenvalue weighted by Gasteiger charge is 2.10. The maximum atomic E-state index is 6.06. The van der Waals surface area contributed by atoms with Crippen molar-refractivity contribution in [3.8, 4) is 0 Å². The maximum absolute atomic E-state index is 6.06. The van der Waals surface area contributed by atoms with Crippen LogP contribution in [-0.2, 0) is 20.1 Å². The van der Waals surface area contributed by atoms with Crippen LogP contribution in [-0.4, -0.2) is 54.6 Å². The number of likely N-dealkylation sites (N-methyl/N-ethyl adjacent to an activating group) is 1. The van der Waals surface area contributed by atoms with Crippen molar-refractivity contribution < 1.29 is 0 Å². The molecule has 6 heteroatoms. The standard InChI is InChI=1S/C19H28ClN5/c1-21-19(25(4)15-18-12-17(20)14-24(18)3)22-10-11-23(2)13-16-8-6-5-7-9-16/h5-9,12,14H,10-11,13,15H2,1-4H3,(H,21,22). The molecule has 0 radical (unpaired) electrons. The van der Waals surface area contributed by atoms with Gasteiger partial charge in [0.05, 0.1) is 11.6 Å². The average Bonchev–Trinajstić information content (AvgIpc) is 2.89. The molecule has 2 rings (SSSR count).